The maximum atomic E-state index is 12.9. The zero-order chi connectivity index (χ0) is 19.6. The molecule has 0 unspecified atom stereocenters. The second-order valence-corrected chi connectivity index (χ2v) is 8.03. The van der Waals surface area contributed by atoms with Crippen LogP contribution in [0.4, 0.5) is 5.82 Å². The van der Waals surface area contributed by atoms with E-state index < -0.39 is 0 Å². The molecule has 0 atom stereocenters. The molecule has 0 saturated carbocycles. The number of anilines is 1. The second kappa shape index (κ2) is 7.88. The third-order valence-corrected chi connectivity index (χ3v) is 6.16. The minimum Gasteiger partial charge on any atom is -0.378 e. The van der Waals surface area contributed by atoms with Gasteiger partial charge in [0.05, 0.1) is 30.3 Å². The molecular weight excluding hydrogens is 386 g/mol. The van der Waals surface area contributed by atoms with Crippen molar-refractivity contribution in [3.05, 3.63) is 58.2 Å². The summed E-state index contributed by atoms with van der Waals surface area (Å²) >= 11 is 1.48. The first-order valence-corrected chi connectivity index (χ1v) is 10.6. The fraction of sp³-hybridized carbons (Fsp3) is 0.333. The summed E-state index contributed by atoms with van der Waals surface area (Å²) in [6, 6.07) is 7.66. The van der Waals surface area contributed by atoms with Crippen LogP contribution in [0.2, 0.25) is 0 Å². The number of aromatic nitrogens is 3. The number of amides is 1. The molecule has 7 nitrogen and oxygen atoms in total. The van der Waals surface area contributed by atoms with Gasteiger partial charge < -0.3 is 14.5 Å². The van der Waals surface area contributed by atoms with Gasteiger partial charge in [-0.15, -0.1) is 11.3 Å². The van der Waals surface area contributed by atoms with Crippen LogP contribution in [0, 0.1) is 0 Å². The van der Waals surface area contributed by atoms with E-state index in [1.54, 1.807) is 12.4 Å². The third-order valence-electron chi connectivity index (χ3n) is 5.31. The molecule has 5 rings (SSSR count). The highest BCUT2D eigenvalue weighted by Crippen LogP contribution is 2.31. The molecule has 3 aromatic rings. The Kier molecular flexibility index (Phi) is 4.95. The van der Waals surface area contributed by atoms with Gasteiger partial charge in [-0.3, -0.25) is 9.78 Å². The number of carbonyl (C=O) groups excluding carboxylic acids is 1. The molecule has 2 aliphatic heterocycles. The summed E-state index contributed by atoms with van der Waals surface area (Å²) in [4.78, 5) is 31.7. The van der Waals surface area contributed by atoms with Crippen LogP contribution >= 0.6 is 11.3 Å². The molecule has 3 aromatic heterocycles. The molecule has 0 aliphatic carbocycles. The number of carbonyl (C=O) groups is 1. The van der Waals surface area contributed by atoms with Crippen LogP contribution in [0.15, 0.2) is 42.0 Å². The van der Waals surface area contributed by atoms with Gasteiger partial charge in [0.2, 0.25) is 0 Å². The Morgan fingerprint density at radius 3 is 2.66 bits per heavy atom. The Balaban J connectivity index is 1.54. The van der Waals surface area contributed by atoms with Crippen LogP contribution in [0.25, 0.3) is 11.4 Å². The summed E-state index contributed by atoms with van der Waals surface area (Å²) < 4.78 is 5.53. The lowest BCUT2D eigenvalue weighted by atomic mass is 10.0. The molecule has 0 bridgehead atoms. The summed E-state index contributed by atoms with van der Waals surface area (Å²) in [6.45, 7) is 4.15. The Hall–Kier alpha value is -2.84. The average molecular weight is 407 g/mol. The molecule has 29 heavy (non-hydrogen) atoms. The summed E-state index contributed by atoms with van der Waals surface area (Å²) in [5.74, 6) is 1.72. The van der Waals surface area contributed by atoms with Crippen molar-refractivity contribution in [2.75, 3.05) is 37.7 Å². The van der Waals surface area contributed by atoms with Crippen molar-refractivity contribution >= 4 is 23.1 Å². The largest absolute Gasteiger partial charge is 0.378 e. The van der Waals surface area contributed by atoms with Gasteiger partial charge in [-0.25, -0.2) is 9.97 Å². The molecule has 0 radical (unpaired) electrons. The van der Waals surface area contributed by atoms with Gasteiger partial charge in [-0.2, -0.15) is 0 Å². The number of thiophene rings is 1. The zero-order valence-corrected chi connectivity index (χ0v) is 16.8. The van der Waals surface area contributed by atoms with E-state index in [0.717, 1.165) is 47.0 Å². The number of hydrogen-bond donors (Lipinski definition) is 0. The summed E-state index contributed by atoms with van der Waals surface area (Å²) in [6.07, 6.45) is 4.24. The molecule has 5 heterocycles. The number of ether oxygens (including phenoxy) is 1. The molecule has 0 N–H and O–H groups in total. The molecule has 2 aliphatic rings. The molecule has 1 saturated heterocycles. The third kappa shape index (κ3) is 3.61. The number of fused-ring (bicyclic) bond motifs is 1. The molecule has 0 aromatic carbocycles. The Bertz CT molecular complexity index is 1000. The highest BCUT2D eigenvalue weighted by Gasteiger charge is 2.29. The lowest BCUT2D eigenvalue weighted by Gasteiger charge is -2.34. The van der Waals surface area contributed by atoms with Crippen molar-refractivity contribution in [1.29, 1.82) is 0 Å². The van der Waals surface area contributed by atoms with E-state index in [9.17, 15) is 4.79 Å². The Morgan fingerprint density at radius 1 is 1.07 bits per heavy atom. The standard InChI is InChI=1S/C21H21N5O2S/c27-21(18-2-1-13-29-18)26-8-5-17-16(14-26)20(25-9-11-28-12-10-25)24-19(23-17)15-3-6-22-7-4-15/h1-4,6-7,13H,5,8-12,14H2. The van der Waals surface area contributed by atoms with Gasteiger partial charge in [0.1, 0.15) is 5.82 Å². The minimum absolute atomic E-state index is 0.0804. The lowest BCUT2D eigenvalue weighted by Crippen LogP contribution is -2.41. The van der Waals surface area contributed by atoms with E-state index in [-0.39, 0.29) is 5.91 Å². The number of pyridine rings is 1. The first-order valence-electron chi connectivity index (χ1n) is 9.75. The number of morpholine rings is 1. The second-order valence-electron chi connectivity index (χ2n) is 7.09. The number of hydrogen-bond acceptors (Lipinski definition) is 7. The molecule has 148 valence electrons. The van der Waals surface area contributed by atoms with Gasteiger partial charge >= 0.3 is 0 Å². The summed E-state index contributed by atoms with van der Waals surface area (Å²) in [5, 5.41) is 1.94. The van der Waals surface area contributed by atoms with Gasteiger partial charge in [-0.1, -0.05) is 6.07 Å². The fourth-order valence-corrected chi connectivity index (χ4v) is 4.48. The van der Waals surface area contributed by atoms with Crippen LogP contribution in [0.5, 0.6) is 0 Å². The quantitative estimate of drug-likeness (QED) is 0.665. The normalized spacial score (nSPS) is 16.6. The van der Waals surface area contributed by atoms with E-state index >= 15 is 0 Å². The highest BCUT2D eigenvalue weighted by atomic mass is 32.1. The Labute approximate surface area is 173 Å². The average Bonchev–Trinajstić information content (AvgIpc) is 3.34. The maximum absolute atomic E-state index is 12.9. The van der Waals surface area contributed by atoms with Gasteiger partial charge in [0.25, 0.3) is 5.91 Å². The van der Waals surface area contributed by atoms with Crippen molar-refractivity contribution in [2.24, 2.45) is 0 Å². The summed E-state index contributed by atoms with van der Waals surface area (Å²) in [7, 11) is 0. The van der Waals surface area contributed by atoms with Crippen LogP contribution < -0.4 is 4.90 Å². The van der Waals surface area contributed by atoms with E-state index in [2.05, 4.69) is 9.88 Å². The van der Waals surface area contributed by atoms with E-state index in [1.807, 2.05) is 34.5 Å². The number of nitrogens with zero attached hydrogens (tertiary/aromatic N) is 5. The SMILES string of the molecule is O=C(c1cccs1)N1CCc2nc(-c3ccncc3)nc(N3CCOCC3)c2C1. The molecule has 1 amide bonds. The molecule has 8 heteroatoms. The summed E-state index contributed by atoms with van der Waals surface area (Å²) in [5.41, 5.74) is 3.04. The minimum atomic E-state index is 0.0804. The topological polar surface area (TPSA) is 71.5 Å². The van der Waals surface area contributed by atoms with Crippen molar-refractivity contribution in [1.82, 2.24) is 19.9 Å². The van der Waals surface area contributed by atoms with Crippen molar-refractivity contribution in [3.8, 4) is 11.4 Å². The first kappa shape index (κ1) is 18.2. The predicted octanol–water partition coefficient (Wildman–Crippen LogP) is 2.64. The number of rotatable bonds is 3. The van der Waals surface area contributed by atoms with E-state index in [1.165, 1.54) is 11.3 Å². The van der Waals surface area contributed by atoms with Crippen LogP contribution in [-0.4, -0.2) is 58.6 Å². The maximum Gasteiger partial charge on any atom is 0.264 e. The van der Waals surface area contributed by atoms with Crippen LogP contribution in [-0.2, 0) is 17.7 Å². The lowest BCUT2D eigenvalue weighted by molar-refractivity contribution is 0.0738. The molecular formula is C21H21N5O2S. The predicted molar refractivity (Wildman–Crippen MR) is 111 cm³/mol. The smallest absolute Gasteiger partial charge is 0.264 e. The van der Waals surface area contributed by atoms with Crippen molar-refractivity contribution < 1.29 is 9.53 Å². The first-order chi connectivity index (χ1) is 14.3. The van der Waals surface area contributed by atoms with E-state index in [4.69, 9.17) is 14.7 Å². The Morgan fingerprint density at radius 2 is 1.90 bits per heavy atom. The van der Waals surface area contributed by atoms with Crippen LogP contribution in [0.1, 0.15) is 20.9 Å². The van der Waals surface area contributed by atoms with Crippen molar-refractivity contribution in [2.45, 2.75) is 13.0 Å². The fourth-order valence-electron chi connectivity index (χ4n) is 3.79. The molecule has 1 fully saturated rings. The van der Waals surface area contributed by atoms with Gasteiger partial charge in [-0.05, 0) is 23.6 Å². The van der Waals surface area contributed by atoms with Crippen LogP contribution in [0.3, 0.4) is 0 Å². The molecule has 0 spiro atoms. The highest BCUT2D eigenvalue weighted by molar-refractivity contribution is 7.12. The van der Waals surface area contributed by atoms with E-state index in [0.29, 0.717) is 32.1 Å². The van der Waals surface area contributed by atoms with Crippen molar-refractivity contribution in [3.63, 3.8) is 0 Å². The van der Waals surface area contributed by atoms with Gasteiger partial charge in [0.15, 0.2) is 5.82 Å². The van der Waals surface area contributed by atoms with Gasteiger partial charge in [0, 0.05) is 49.6 Å². The zero-order valence-electron chi connectivity index (χ0n) is 16.0. The monoisotopic (exact) mass is 407 g/mol.